The van der Waals surface area contributed by atoms with Gasteiger partial charge in [-0.1, -0.05) is 44.2 Å². The van der Waals surface area contributed by atoms with Gasteiger partial charge in [0.25, 0.3) is 0 Å². The number of aliphatic hydroxyl groups is 1. The molecule has 2 aliphatic rings. The summed E-state index contributed by atoms with van der Waals surface area (Å²) in [5, 5.41) is 14.4. The summed E-state index contributed by atoms with van der Waals surface area (Å²) in [5.74, 6) is 0.461. The summed E-state index contributed by atoms with van der Waals surface area (Å²) < 4.78 is 51.2. The minimum Gasteiger partial charge on any atom is -0.497 e. The van der Waals surface area contributed by atoms with E-state index in [1.165, 1.54) is 30.5 Å². The normalized spacial score (nSPS) is 21.5. The first kappa shape index (κ1) is 33.9. The second-order valence-corrected chi connectivity index (χ2v) is 14.3. The number of aliphatic hydroxyl groups excluding tert-OH is 1. The highest BCUT2D eigenvalue weighted by Gasteiger charge is 2.44. The number of ether oxygens (including phenoxy) is 4. The molecule has 2 aromatic rings. The maximum Gasteiger partial charge on any atom is 0.407 e. The predicted molar refractivity (Wildman–Crippen MR) is 163 cm³/mol. The minimum absolute atomic E-state index is 0.0106. The van der Waals surface area contributed by atoms with Crippen molar-refractivity contribution in [2.75, 3.05) is 33.4 Å². The molecular weight excluding hydrogens is 588 g/mol. The zero-order chi connectivity index (χ0) is 31.9. The lowest BCUT2D eigenvalue weighted by Crippen LogP contribution is -2.52. The van der Waals surface area contributed by atoms with Gasteiger partial charge in [0.2, 0.25) is 10.0 Å². The number of nitrogens with zero attached hydrogens (tertiary/aromatic N) is 1. The summed E-state index contributed by atoms with van der Waals surface area (Å²) in [7, 11) is -2.60. The van der Waals surface area contributed by atoms with Crippen LogP contribution < -0.4 is 10.1 Å². The number of rotatable bonds is 15. The molecule has 2 aliphatic heterocycles. The summed E-state index contributed by atoms with van der Waals surface area (Å²) in [4.78, 5) is 24.9. The predicted octanol–water partition coefficient (Wildman–Crippen LogP) is 3.54. The fraction of sp³-hybridized carbons (Fsp3) is 0.562. The lowest BCUT2D eigenvalue weighted by Gasteiger charge is -2.35. The van der Waals surface area contributed by atoms with Crippen LogP contribution in [-0.4, -0.2) is 87.7 Å². The van der Waals surface area contributed by atoms with E-state index in [2.05, 4.69) is 5.32 Å². The van der Waals surface area contributed by atoms with Crippen LogP contribution in [0.15, 0.2) is 59.5 Å². The fourth-order valence-electron chi connectivity index (χ4n) is 5.57. The maximum absolute atomic E-state index is 14.0. The van der Waals surface area contributed by atoms with E-state index in [9.17, 15) is 23.1 Å². The number of carbonyl (C=O) groups excluding carboxylic acids is 2. The van der Waals surface area contributed by atoms with Gasteiger partial charge in [-0.15, -0.1) is 0 Å². The van der Waals surface area contributed by atoms with Gasteiger partial charge >= 0.3 is 6.09 Å². The molecular formula is C32H44N2O9S. The first-order chi connectivity index (χ1) is 20.9. The van der Waals surface area contributed by atoms with Gasteiger partial charge in [-0.3, -0.25) is 0 Å². The molecule has 0 spiro atoms. The molecule has 0 unspecified atom stereocenters. The largest absolute Gasteiger partial charge is 0.497 e. The fourth-order valence-corrected chi connectivity index (χ4v) is 7.22. The van der Waals surface area contributed by atoms with E-state index >= 15 is 0 Å². The lowest BCUT2D eigenvalue weighted by atomic mass is 9.87. The molecule has 12 heteroatoms. The van der Waals surface area contributed by atoms with Crippen molar-refractivity contribution in [2.45, 2.75) is 75.9 Å². The van der Waals surface area contributed by atoms with Crippen molar-refractivity contribution in [2.24, 2.45) is 11.3 Å². The van der Waals surface area contributed by atoms with Crippen LogP contribution in [-0.2, 0) is 35.4 Å². The number of benzene rings is 2. The quantitative estimate of drug-likeness (QED) is 0.302. The molecule has 4 rings (SSSR count). The van der Waals surface area contributed by atoms with E-state index in [1.807, 2.05) is 44.2 Å². The topological polar surface area (TPSA) is 141 Å². The third-order valence-corrected chi connectivity index (χ3v) is 9.98. The van der Waals surface area contributed by atoms with Crippen molar-refractivity contribution < 1.29 is 42.1 Å². The molecule has 5 atom stereocenters. The van der Waals surface area contributed by atoms with Gasteiger partial charge in [0.15, 0.2) is 6.29 Å². The Morgan fingerprint density at radius 3 is 2.48 bits per heavy atom. The SMILES string of the molecule is COc1ccc(S(=O)(=O)N(C[C@H](O)[C@H](Cc2ccccc2)NC(=O)O[C@H]2CO[C@H]3OCC[C@H]32)CC(C)(C)CCC(C)=O)cc1. The Morgan fingerprint density at radius 2 is 1.82 bits per heavy atom. The lowest BCUT2D eigenvalue weighted by molar-refractivity contribution is -0.117. The Kier molecular flexibility index (Phi) is 11.4. The van der Waals surface area contributed by atoms with E-state index in [-0.39, 0.29) is 49.0 Å². The number of hydrogen-bond donors (Lipinski definition) is 2. The van der Waals surface area contributed by atoms with Crippen molar-refractivity contribution in [3.8, 4) is 5.75 Å². The summed E-state index contributed by atoms with van der Waals surface area (Å²) in [6, 6.07) is 14.5. The number of hydrogen-bond acceptors (Lipinski definition) is 9. The van der Waals surface area contributed by atoms with Crippen molar-refractivity contribution in [1.29, 1.82) is 0 Å². The van der Waals surface area contributed by atoms with Gasteiger partial charge in [0, 0.05) is 19.5 Å². The molecule has 44 heavy (non-hydrogen) atoms. The van der Waals surface area contributed by atoms with Crippen LogP contribution in [0.1, 0.15) is 45.6 Å². The van der Waals surface area contributed by atoms with Gasteiger partial charge < -0.3 is 34.2 Å². The number of ketones is 1. The van der Waals surface area contributed by atoms with E-state index in [4.69, 9.17) is 18.9 Å². The number of methoxy groups -OCH3 is 1. The molecule has 2 N–H and O–H groups in total. The number of carbonyl (C=O) groups is 2. The Bertz CT molecular complexity index is 1350. The number of sulfonamides is 1. The van der Waals surface area contributed by atoms with Crippen LogP contribution >= 0.6 is 0 Å². The first-order valence-electron chi connectivity index (χ1n) is 14.9. The summed E-state index contributed by atoms with van der Waals surface area (Å²) in [5.41, 5.74) is 0.255. The molecule has 2 fully saturated rings. The molecule has 2 heterocycles. The van der Waals surface area contributed by atoms with Gasteiger partial charge in [0.1, 0.15) is 17.6 Å². The average Bonchev–Trinajstić information content (AvgIpc) is 3.61. The molecule has 2 saturated heterocycles. The summed E-state index contributed by atoms with van der Waals surface area (Å²) in [6.07, 6.45) is -1.19. The zero-order valence-electron chi connectivity index (χ0n) is 25.8. The zero-order valence-corrected chi connectivity index (χ0v) is 26.6. The van der Waals surface area contributed by atoms with Crippen molar-refractivity contribution >= 4 is 21.9 Å². The van der Waals surface area contributed by atoms with Crippen LogP contribution in [0.5, 0.6) is 5.75 Å². The second kappa shape index (κ2) is 14.8. The summed E-state index contributed by atoms with van der Waals surface area (Å²) >= 11 is 0. The number of amides is 1. The molecule has 1 amide bonds. The van der Waals surface area contributed by atoms with E-state index < -0.39 is 39.8 Å². The highest BCUT2D eigenvalue weighted by atomic mass is 32.2. The maximum atomic E-state index is 14.0. The molecule has 0 aromatic heterocycles. The monoisotopic (exact) mass is 632 g/mol. The second-order valence-electron chi connectivity index (χ2n) is 12.3. The average molecular weight is 633 g/mol. The van der Waals surface area contributed by atoms with Crippen LogP contribution in [0.4, 0.5) is 4.79 Å². The smallest absolute Gasteiger partial charge is 0.407 e. The van der Waals surface area contributed by atoms with Crippen LogP contribution in [0.25, 0.3) is 0 Å². The van der Waals surface area contributed by atoms with Crippen molar-refractivity contribution in [3.63, 3.8) is 0 Å². The first-order valence-corrected chi connectivity index (χ1v) is 16.4. The van der Waals surface area contributed by atoms with Gasteiger partial charge in [-0.2, -0.15) is 4.31 Å². The molecule has 0 saturated carbocycles. The van der Waals surface area contributed by atoms with Crippen LogP contribution in [0.2, 0.25) is 0 Å². The van der Waals surface area contributed by atoms with Gasteiger partial charge in [-0.05, 0) is 61.4 Å². The Hall–Kier alpha value is -3.03. The van der Waals surface area contributed by atoms with E-state index in [0.29, 0.717) is 25.2 Å². The van der Waals surface area contributed by atoms with Crippen LogP contribution in [0, 0.1) is 11.3 Å². The summed E-state index contributed by atoms with van der Waals surface area (Å²) in [6.45, 7) is 5.77. The van der Waals surface area contributed by atoms with Gasteiger partial charge in [0.05, 0.1) is 43.3 Å². The Morgan fingerprint density at radius 1 is 1.11 bits per heavy atom. The standard InChI is InChI=1S/C32H44N2O9S/c1-22(35)14-16-32(2,3)21-34(44(38,39)25-12-10-24(40-4)11-13-25)19-28(36)27(18-23-8-6-5-7-9-23)33-31(37)43-29-20-42-30-26(29)15-17-41-30/h5-13,26-30,36H,14-21H2,1-4H3,(H,33,37)/t26-,27-,28-,29-,30+/m0/s1. The number of alkyl carbamates (subject to hydrolysis) is 1. The van der Waals surface area contributed by atoms with Gasteiger partial charge in [-0.25, -0.2) is 13.2 Å². The number of nitrogens with one attached hydrogen (secondary N) is 1. The van der Waals surface area contributed by atoms with Crippen LogP contribution in [0.3, 0.4) is 0 Å². The van der Waals surface area contributed by atoms with E-state index in [1.54, 1.807) is 12.1 Å². The third kappa shape index (κ3) is 9.01. The number of Topliss-reactive ketones (excluding diaryl/α,β-unsaturated/α-hetero) is 1. The highest BCUT2D eigenvalue weighted by Crippen LogP contribution is 2.33. The van der Waals surface area contributed by atoms with Crippen molar-refractivity contribution in [1.82, 2.24) is 9.62 Å². The molecule has 11 nitrogen and oxygen atoms in total. The molecule has 242 valence electrons. The molecule has 2 aromatic carbocycles. The van der Waals surface area contributed by atoms with E-state index in [0.717, 1.165) is 12.0 Å². The molecule has 0 aliphatic carbocycles. The Balaban J connectivity index is 1.57. The third-order valence-electron chi connectivity index (χ3n) is 8.16. The molecule has 0 radical (unpaired) electrons. The Labute approximate surface area is 259 Å². The minimum atomic E-state index is -4.10. The molecule has 0 bridgehead atoms. The highest BCUT2D eigenvalue weighted by molar-refractivity contribution is 7.89. The number of fused-ring (bicyclic) bond motifs is 1. The van der Waals surface area contributed by atoms with Crippen molar-refractivity contribution in [3.05, 3.63) is 60.2 Å².